The molecule has 2 aromatic carbocycles. The fraction of sp³-hybridized carbons (Fsp3) is 0.333. The van der Waals surface area contributed by atoms with E-state index in [1.54, 1.807) is 0 Å². The minimum absolute atomic E-state index is 0.595. The van der Waals surface area contributed by atoms with Crippen LogP contribution in [0.2, 0.25) is 0 Å². The number of aryl methyl sites for hydroxylation is 1. The van der Waals surface area contributed by atoms with Gasteiger partial charge in [0.2, 0.25) is 0 Å². The molecule has 0 aromatic heterocycles. The minimum atomic E-state index is 0.595. The summed E-state index contributed by atoms with van der Waals surface area (Å²) in [5, 5.41) is 3.65. The van der Waals surface area contributed by atoms with E-state index >= 15 is 0 Å². The van der Waals surface area contributed by atoms with Crippen molar-refractivity contribution in [2.45, 2.75) is 25.8 Å². The Balaban J connectivity index is 1.55. The van der Waals surface area contributed by atoms with E-state index < -0.39 is 0 Å². The van der Waals surface area contributed by atoms with Gasteiger partial charge in [-0.15, -0.1) is 0 Å². The van der Waals surface area contributed by atoms with Gasteiger partial charge >= 0.3 is 0 Å². The number of hydrogen-bond donors (Lipinski definition) is 1. The number of nitrogens with one attached hydrogen (secondary N) is 1. The van der Waals surface area contributed by atoms with Crippen LogP contribution in [-0.2, 0) is 0 Å². The van der Waals surface area contributed by atoms with Gasteiger partial charge in [0.1, 0.15) is 0 Å². The third kappa shape index (κ3) is 3.13. The standard InChI is InChI=1S/C18H22N2/c1-15-7-9-16(10-8-15)19-17-11-13-20(14-12-17)18-5-3-2-4-6-18/h2-10,17,19H,11-14H2,1H3. The highest BCUT2D eigenvalue weighted by atomic mass is 15.1. The summed E-state index contributed by atoms with van der Waals surface area (Å²) in [6.07, 6.45) is 2.39. The summed E-state index contributed by atoms with van der Waals surface area (Å²) in [7, 11) is 0. The van der Waals surface area contributed by atoms with Crippen molar-refractivity contribution >= 4 is 11.4 Å². The maximum atomic E-state index is 3.65. The molecule has 0 saturated carbocycles. The molecular weight excluding hydrogens is 244 g/mol. The lowest BCUT2D eigenvalue weighted by molar-refractivity contribution is 0.527. The van der Waals surface area contributed by atoms with E-state index in [0.29, 0.717) is 6.04 Å². The highest BCUT2D eigenvalue weighted by Gasteiger charge is 2.18. The van der Waals surface area contributed by atoms with Crippen molar-refractivity contribution in [1.29, 1.82) is 0 Å². The fourth-order valence-corrected chi connectivity index (χ4v) is 2.81. The molecule has 0 atom stereocenters. The summed E-state index contributed by atoms with van der Waals surface area (Å²) in [4.78, 5) is 2.48. The smallest absolute Gasteiger partial charge is 0.0366 e. The maximum Gasteiger partial charge on any atom is 0.0366 e. The van der Waals surface area contributed by atoms with E-state index in [0.717, 1.165) is 13.1 Å². The third-order valence-electron chi connectivity index (χ3n) is 4.04. The van der Waals surface area contributed by atoms with Crippen molar-refractivity contribution in [2.75, 3.05) is 23.3 Å². The van der Waals surface area contributed by atoms with Crippen LogP contribution in [0, 0.1) is 6.92 Å². The summed E-state index contributed by atoms with van der Waals surface area (Å²) < 4.78 is 0. The van der Waals surface area contributed by atoms with Crippen molar-refractivity contribution in [3.05, 3.63) is 60.2 Å². The van der Waals surface area contributed by atoms with Crippen LogP contribution in [0.15, 0.2) is 54.6 Å². The second-order valence-electron chi connectivity index (χ2n) is 5.61. The molecule has 0 radical (unpaired) electrons. The van der Waals surface area contributed by atoms with Gasteiger partial charge in [0, 0.05) is 30.5 Å². The SMILES string of the molecule is Cc1ccc(NC2CCN(c3ccccc3)CC2)cc1. The van der Waals surface area contributed by atoms with Crippen molar-refractivity contribution < 1.29 is 0 Å². The minimum Gasteiger partial charge on any atom is -0.382 e. The Hall–Kier alpha value is -1.96. The van der Waals surface area contributed by atoms with Crippen molar-refractivity contribution in [3.63, 3.8) is 0 Å². The molecule has 2 heteroatoms. The van der Waals surface area contributed by atoms with E-state index in [-0.39, 0.29) is 0 Å². The maximum absolute atomic E-state index is 3.65. The molecule has 0 bridgehead atoms. The van der Waals surface area contributed by atoms with Gasteiger partial charge in [-0.3, -0.25) is 0 Å². The lowest BCUT2D eigenvalue weighted by atomic mass is 10.0. The first kappa shape index (κ1) is 13.0. The summed E-state index contributed by atoms with van der Waals surface area (Å²) in [6, 6.07) is 20.0. The molecule has 1 heterocycles. The Morgan fingerprint density at radius 1 is 0.900 bits per heavy atom. The van der Waals surface area contributed by atoms with E-state index in [9.17, 15) is 0 Å². The van der Waals surface area contributed by atoms with E-state index in [2.05, 4.69) is 71.7 Å². The quantitative estimate of drug-likeness (QED) is 0.900. The van der Waals surface area contributed by atoms with Crippen LogP contribution in [-0.4, -0.2) is 19.1 Å². The zero-order chi connectivity index (χ0) is 13.8. The summed E-state index contributed by atoms with van der Waals surface area (Å²) in [5.41, 5.74) is 3.91. The van der Waals surface area contributed by atoms with Crippen LogP contribution in [0.3, 0.4) is 0 Å². The Labute approximate surface area is 121 Å². The van der Waals surface area contributed by atoms with Crippen LogP contribution in [0.5, 0.6) is 0 Å². The molecule has 1 N–H and O–H groups in total. The summed E-state index contributed by atoms with van der Waals surface area (Å²) in [5.74, 6) is 0. The summed E-state index contributed by atoms with van der Waals surface area (Å²) >= 11 is 0. The second kappa shape index (κ2) is 6.00. The van der Waals surface area contributed by atoms with Crippen LogP contribution >= 0.6 is 0 Å². The Kier molecular flexibility index (Phi) is 3.91. The molecule has 1 aliphatic heterocycles. The average Bonchev–Trinajstić information content (AvgIpc) is 2.51. The Morgan fingerprint density at radius 3 is 2.20 bits per heavy atom. The fourth-order valence-electron chi connectivity index (χ4n) is 2.81. The van der Waals surface area contributed by atoms with Crippen LogP contribution in [0.1, 0.15) is 18.4 Å². The van der Waals surface area contributed by atoms with Crippen LogP contribution in [0.25, 0.3) is 0 Å². The summed E-state index contributed by atoms with van der Waals surface area (Å²) in [6.45, 7) is 4.39. The van der Waals surface area contributed by atoms with E-state index in [4.69, 9.17) is 0 Å². The van der Waals surface area contributed by atoms with Crippen LogP contribution in [0.4, 0.5) is 11.4 Å². The number of benzene rings is 2. The zero-order valence-electron chi connectivity index (χ0n) is 12.0. The van der Waals surface area contributed by atoms with Gasteiger partial charge in [-0.05, 0) is 44.0 Å². The molecule has 104 valence electrons. The van der Waals surface area contributed by atoms with E-state index in [1.807, 2.05) is 0 Å². The van der Waals surface area contributed by atoms with E-state index in [1.165, 1.54) is 29.8 Å². The molecular formula is C18H22N2. The Morgan fingerprint density at radius 2 is 1.55 bits per heavy atom. The highest BCUT2D eigenvalue weighted by molar-refractivity contribution is 5.48. The normalized spacial score (nSPS) is 16.1. The molecule has 1 aliphatic rings. The molecule has 0 aliphatic carbocycles. The number of anilines is 2. The first-order valence-electron chi connectivity index (χ1n) is 7.44. The molecule has 1 saturated heterocycles. The lowest BCUT2D eigenvalue weighted by Crippen LogP contribution is -2.39. The first-order chi connectivity index (χ1) is 9.81. The lowest BCUT2D eigenvalue weighted by Gasteiger charge is -2.34. The van der Waals surface area contributed by atoms with Crippen LogP contribution < -0.4 is 10.2 Å². The van der Waals surface area contributed by atoms with Crippen molar-refractivity contribution in [3.8, 4) is 0 Å². The van der Waals surface area contributed by atoms with Gasteiger partial charge in [0.05, 0.1) is 0 Å². The molecule has 1 fully saturated rings. The third-order valence-corrected chi connectivity index (χ3v) is 4.04. The van der Waals surface area contributed by atoms with Gasteiger partial charge < -0.3 is 10.2 Å². The molecule has 2 aromatic rings. The number of rotatable bonds is 3. The largest absolute Gasteiger partial charge is 0.382 e. The first-order valence-corrected chi connectivity index (χ1v) is 7.44. The highest BCUT2D eigenvalue weighted by Crippen LogP contribution is 2.21. The zero-order valence-corrected chi connectivity index (χ0v) is 12.0. The Bertz CT molecular complexity index is 525. The van der Waals surface area contributed by atoms with Gasteiger partial charge in [-0.25, -0.2) is 0 Å². The molecule has 0 unspecified atom stereocenters. The number of hydrogen-bond acceptors (Lipinski definition) is 2. The molecule has 2 nitrogen and oxygen atoms in total. The predicted octanol–water partition coefficient (Wildman–Crippen LogP) is 4.08. The van der Waals surface area contributed by atoms with Gasteiger partial charge in [0.15, 0.2) is 0 Å². The molecule has 20 heavy (non-hydrogen) atoms. The molecule has 0 amide bonds. The van der Waals surface area contributed by atoms with Crippen molar-refractivity contribution in [1.82, 2.24) is 0 Å². The van der Waals surface area contributed by atoms with Crippen molar-refractivity contribution in [2.24, 2.45) is 0 Å². The topological polar surface area (TPSA) is 15.3 Å². The van der Waals surface area contributed by atoms with Gasteiger partial charge in [-0.1, -0.05) is 35.9 Å². The average molecular weight is 266 g/mol. The monoisotopic (exact) mass is 266 g/mol. The second-order valence-corrected chi connectivity index (χ2v) is 5.61. The molecule has 0 spiro atoms. The number of para-hydroxylation sites is 1. The van der Waals surface area contributed by atoms with Gasteiger partial charge in [0.25, 0.3) is 0 Å². The molecule has 3 rings (SSSR count). The number of piperidine rings is 1. The number of nitrogens with zero attached hydrogens (tertiary/aromatic N) is 1. The van der Waals surface area contributed by atoms with Gasteiger partial charge in [-0.2, -0.15) is 0 Å². The predicted molar refractivity (Wildman–Crippen MR) is 86.5 cm³/mol.